The molecule has 2 rings (SSSR count). The number of nitro benzene ring substituents is 1. The van der Waals surface area contributed by atoms with Gasteiger partial charge in [-0.15, -0.1) is 0 Å². The second kappa shape index (κ2) is 5.92. The van der Waals surface area contributed by atoms with Crippen LogP contribution in [0.5, 0.6) is 11.5 Å². The van der Waals surface area contributed by atoms with Gasteiger partial charge in [0.15, 0.2) is 0 Å². The van der Waals surface area contributed by atoms with Gasteiger partial charge >= 0.3 is 11.7 Å². The molecule has 0 aliphatic heterocycles. The van der Waals surface area contributed by atoms with E-state index in [-0.39, 0.29) is 11.3 Å². The summed E-state index contributed by atoms with van der Waals surface area (Å²) in [4.78, 5) is 21.2. The number of hydrogen-bond acceptors (Lipinski definition) is 4. The number of ether oxygens (including phenoxy) is 1. The fourth-order valence-electron chi connectivity index (χ4n) is 1.69. The van der Waals surface area contributed by atoms with Crippen LogP contribution in [0, 0.1) is 17.0 Å². The Morgan fingerprint density at radius 3 is 2.57 bits per heavy atom. The lowest BCUT2D eigenvalue weighted by Crippen LogP contribution is -2.00. The highest BCUT2D eigenvalue weighted by atomic mass is 79.9. The second-order valence-electron chi connectivity index (χ2n) is 4.26. The van der Waals surface area contributed by atoms with Crippen LogP contribution < -0.4 is 4.74 Å². The highest BCUT2D eigenvalue weighted by Gasteiger charge is 2.19. The Morgan fingerprint density at radius 2 is 2.00 bits per heavy atom. The molecule has 0 aliphatic carbocycles. The minimum Gasteiger partial charge on any atom is -0.478 e. The first-order valence-corrected chi connectivity index (χ1v) is 6.63. The monoisotopic (exact) mass is 351 g/mol. The Balaban J connectivity index is 2.41. The van der Waals surface area contributed by atoms with E-state index in [2.05, 4.69) is 15.9 Å². The lowest BCUT2D eigenvalue weighted by Gasteiger charge is -2.08. The van der Waals surface area contributed by atoms with Crippen LogP contribution in [0.15, 0.2) is 40.9 Å². The molecule has 2 aromatic carbocycles. The molecule has 0 amide bonds. The van der Waals surface area contributed by atoms with E-state index in [0.29, 0.717) is 5.75 Å². The Labute approximate surface area is 128 Å². The van der Waals surface area contributed by atoms with Gasteiger partial charge in [0.2, 0.25) is 5.75 Å². The van der Waals surface area contributed by atoms with E-state index in [0.717, 1.165) is 16.1 Å². The average Bonchev–Trinajstić information content (AvgIpc) is 2.43. The van der Waals surface area contributed by atoms with E-state index in [9.17, 15) is 14.9 Å². The zero-order chi connectivity index (χ0) is 15.6. The van der Waals surface area contributed by atoms with Crippen molar-refractivity contribution in [2.24, 2.45) is 0 Å². The number of benzene rings is 2. The SMILES string of the molecule is Cc1cc(Oc2ccc(C(=O)O)cc2[N+](=O)[O-])ccc1Br. The minimum absolute atomic E-state index is 0.00766. The highest BCUT2D eigenvalue weighted by molar-refractivity contribution is 9.10. The number of nitro groups is 1. The average molecular weight is 352 g/mol. The highest BCUT2D eigenvalue weighted by Crippen LogP contribution is 2.33. The maximum Gasteiger partial charge on any atom is 0.335 e. The molecule has 2 aromatic rings. The number of halogens is 1. The molecule has 0 aromatic heterocycles. The first-order valence-electron chi connectivity index (χ1n) is 5.84. The molecule has 0 saturated heterocycles. The zero-order valence-corrected chi connectivity index (χ0v) is 12.5. The number of carboxylic acid groups (broad SMARTS) is 1. The van der Waals surface area contributed by atoms with Crippen molar-refractivity contribution in [3.8, 4) is 11.5 Å². The minimum atomic E-state index is -1.23. The van der Waals surface area contributed by atoms with Crippen LogP contribution >= 0.6 is 15.9 Å². The van der Waals surface area contributed by atoms with Gasteiger partial charge in [-0.1, -0.05) is 15.9 Å². The molecule has 0 aliphatic rings. The molecule has 21 heavy (non-hydrogen) atoms. The van der Waals surface area contributed by atoms with Crippen molar-refractivity contribution in [1.82, 2.24) is 0 Å². The van der Waals surface area contributed by atoms with E-state index in [4.69, 9.17) is 9.84 Å². The topological polar surface area (TPSA) is 89.7 Å². The van der Waals surface area contributed by atoms with Gasteiger partial charge in [-0.25, -0.2) is 4.79 Å². The van der Waals surface area contributed by atoms with Crippen LogP contribution in [-0.4, -0.2) is 16.0 Å². The van der Waals surface area contributed by atoms with Crippen molar-refractivity contribution >= 4 is 27.6 Å². The third-order valence-electron chi connectivity index (χ3n) is 2.76. The first kappa shape index (κ1) is 15.0. The maximum absolute atomic E-state index is 11.0. The quantitative estimate of drug-likeness (QED) is 0.659. The lowest BCUT2D eigenvalue weighted by molar-refractivity contribution is -0.385. The summed E-state index contributed by atoms with van der Waals surface area (Å²) < 4.78 is 6.38. The molecule has 108 valence electrons. The largest absolute Gasteiger partial charge is 0.478 e. The van der Waals surface area contributed by atoms with Crippen molar-refractivity contribution < 1.29 is 19.6 Å². The molecule has 7 heteroatoms. The third-order valence-corrected chi connectivity index (χ3v) is 3.65. The summed E-state index contributed by atoms with van der Waals surface area (Å²) in [6.45, 7) is 1.86. The molecule has 0 bridgehead atoms. The van der Waals surface area contributed by atoms with Gasteiger partial charge in [0.05, 0.1) is 10.5 Å². The molecule has 0 heterocycles. The Morgan fingerprint density at radius 1 is 1.29 bits per heavy atom. The molecule has 0 fully saturated rings. The zero-order valence-electron chi connectivity index (χ0n) is 10.9. The van der Waals surface area contributed by atoms with Crippen molar-refractivity contribution in [1.29, 1.82) is 0 Å². The molecule has 0 atom stereocenters. The Hall–Kier alpha value is -2.41. The Bertz CT molecular complexity index is 729. The molecule has 1 N–H and O–H groups in total. The summed E-state index contributed by atoms with van der Waals surface area (Å²) in [6, 6.07) is 8.66. The fraction of sp³-hybridized carbons (Fsp3) is 0.0714. The number of nitrogens with zero attached hydrogens (tertiary/aromatic N) is 1. The normalized spacial score (nSPS) is 10.2. The lowest BCUT2D eigenvalue weighted by atomic mass is 10.2. The molecule has 0 saturated carbocycles. The van der Waals surface area contributed by atoms with Crippen LogP contribution in [0.2, 0.25) is 0 Å². The maximum atomic E-state index is 11.0. The molecule has 0 unspecified atom stereocenters. The number of carboxylic acids is 1. The number of hydrogen-bond donors (Lipinski definition) is 1. The van der Waals surface area contributed by atoms with Gasteiger partial charge in [-0.2, -0.15) is 0 Å². The standard InChI is InChI=1S/C14H10BrNO5/c1-8-6-10(3-4-11(8)15)21-13-5-2-9(14(17)18)7-12(13)16(19)20/h2-7H,1H3,(H,17,18). The molecule has 6 nitrogen and oxygen atoms in total. The molecule has 0 radical (unpaired) electrons. The predicted octanol–water partition coefficient (Wildman–Crippen LogP) is 4.16. The predicted molar refractivity (Wildman–Crippen MR) is 79.0 cm³/mol. The number of aryl methyl sites for hydroxylation is 1. The van der Waals surface area contributed by atoms with E-state index in [1.165, 1.54) is 12.1 Å². The van der Waals surface area contributed by atoms with Gasteiger partial charge in [0.25, 0.3) is 0 Å². The van der Waals surface area contributed by atoms with E-state index in [1.54, 1.807) is 18.2 Å². The number of carbonyl (C=O) groups is 1. The summed E-state index contributed by atoms with van der Waals surface area (Å²) in [5, 5.41) is 19.9. The number of aromatic carboxylic acids is 1. The van der Waals surface area contributed by atoms with Crippen LogP contribution in [0.4, 0.5) is 5.69 Å². The summed E-state index contributed by atoms with van der Waals surface area (Å²) in [7, 11) is 0. The van der Waals surface area contributed by atoms with Gasteiger partial charge in [-0.05, 0) is 42.8 Å². The Kier molecular flexibility index (Phi) is 4.23. The van der Waals surface area contributed by atoms with E-state index >= 15 is 0 Å². The smallest absolute Gasteiger partial charge is 0.335 e. The second-order valence-corrected chi connectivity index (χ2v) is 5.11. The van der Waals surface area contributed by atoms with Crippen molar-refractivity contribution in [2.75, 3.05) is 0 Å². The summed E-state index contributed by atoms with van der Waals surface area (Å²) in [5.41, 5.74) is 0.355. The van der Waals surface area contributed by atoms with Crippen LogP contribution in [0.25, 0.3) is 0 Å². The number of rotatable bonds is 4. The van der Waals surface area contributed by atoms with Crippen LogP contribution in [0.3, 0.4) is 0 Å². The summed E-state index contributed by atoms with van der Waals surface area (Å²) in [6.07, 6.45) is 0. The van der Waals surface area contributed by atoms with Crippen molar-refractivity contribution in [3.63, 3.8) is 0 Å². The first-order chi connectivity index (χ1) is 9.88. The van der Waals surface area contributed by atoms with Crippen LogP contribution in [0.1, 0.15) is 15.9 Å². The molecular formula is C14H10BrNO5. The van der Waals surface area contributed by atoms with E-state index < -0.39 is 16.6 Å². The molecule has 0 spiro atoms. The van der Waals surface area contributed by atoms with Crippen molar-refractivity contribution in [3.05, 3.63) is 62.1 Å². The van der Waals surface area contributed by atoms with Crippen molar-refractivity contribution in [2.45, 2.75) is 6.92 Å². The van der Waals surface area contributed by atoms with E-state index in [1.807, 2.05) is 6.92 Å². The van der Waals surface area contributed by atoms with Crippen LogP contribution in [-0.2, 0) is 0 Å². The summed E-state index contributed by atoms with van der Waals surface area (Å²) in [5.74, 6) is -0.808. The fourth-order valence-corrected chi connectivity index (χ4v) is 1.93. The van der Waals surface area contributed by atoms with Gasteiger partial charge in [-0.3, -0.25) is 10.1 Å². The molecular weight excluding hydrogens is 342 g/mol. The third kappa shape index (κ3) is 3.38. The van der Waals surface area contributed by atoms with Gasteiger partial charge in [0, 0.05) is 10.5 Å². The van der Waals surface area contributed by atoms with Gasteiger partial charge < -0.3 is 9.84 Å². The van der Waals surface area contributed by atoms with Gasteiger partial charge in [0.1, 0.15) is 5.75 Å². The summed E-state index contributed by atoms with van der Waals surface area (Å²) >= 11 is 3.35.